The van der Waals surface area contributed by atoms with E-state index in [0.29, 0.717) is 41.0 Å². The second-order valence-corrected chi connectivity index (χ2v) is 7.62. The van der Waals surface area contributed by atoms with Gasteiger partial charge in [-0.1, -0.05) is 24.9 Å². The van der Waals surface area contributed by atoms with Gasteiger partial charge in [0.15, 0.2) is 11.2 Å². The average Bonchev–Trinajstić information content (AvgIpc) is 3.12. The van der Waals surface area contributed by atoms with Crippen molar-refractivity contribution >= 4 is 34.4 Å². The second-order valence-electron chi connectivity index (χ2n) is 7.21. The highest BCUT2D eigenvalue weighted by atomic mass is 35.5. The van der Waals surface area contributed by atoms with Gasteiger partial charge in [0.1, 0.15) is 5.75 Å². The van der Waals surface area contributed by atoms with Gasteiger partial charge in [0, 0.05) is 32.4 Å². The molecule has 0 bridgehead atoms. The number of nitrogens with zero attached hydrogens (tertiary/aromatic N) is 5. The van der Waals surface area contributed by atoms with Crippen LogP contribution in [0, 0.1) is 0 Å². The third-order valence-electron chi connectivity index (χ3n) is 5.40. The molecule has 1 aliphatic heterocycles. The number of aryl methyl sites for hydroxylation is 2. The molecular weight excluding hydrogens is 394 g/mol. The van der Waals surface area contributed by atoms with Gasteiger partial charge in [-0.2, -0.15) is 4.98 Å². The maximum absolute atomic E-state index is 13.2. The van der Waals surface area contributed by atoms with E-state index in [1.807, 2.05) is 34.6 Å². The van der Waals surface area contributed by atoms with Gasteiger partial charge >= 0.3 is 5.69 Å². The molecule has 0 fully saturated rings. The molecule has 0 saturated heterocycles. The molecule has 9 heteroatoms. The summed E-state index contributed by atoms with van der Waals surface area (Å²) in [6, 6.07) is 5.55. The summed E-state index contributed by atoms with van der Waals surface area (Å²) < 4.78 is 9.95. The minimum atomic E-state index is -0.328. The van der Waals surface area contributed by atoms with Crippen LogP contribution in [-0.2, 0) is 20.1 Å². The van der Waals surface area contributed by atoms with Gasteiger partial charge in [0.25, 0.3) is 5.56 Å². The molecule has 0 atom stereocenters. The molecule has 0 N–H and O–H groups in total. The van der Waals surface area contributed by atoms with E-state index in [-0.39, 0.29) is 11.2 Å². The minimum Gasteiger partial charge on any atom is -0.495 e. The van der Waals surface area contributed by atoms with Crippen molar-refractivity contribution in [1.29, 1.82) is 0 Å². The number of imidazole rings is 1. The van der Waals surface area contributed by atoms with Crippen LogP contribution in [0.4, 0.5) is 11.6 Å². The van der Waals surface area contributed by atoms with Crippen LogP contribution in [0.5, 0.6) is 5.75 Å². The molecule has 0 amide bonds. The Morgan fingerprint density at radius 3 is 2.72 bits per heavy atom. The molecule has 2 aromatic heterocycles. The Balaban J connectivity index is 1.91. The first-order valence-electron chi connectivity index (χ1n) is 9.79. The van der Waals surface area contributed by atoms with Gasteiger partial charge < -0.3 is 14.2 Å². The maximum Gasteiger partial charge on any atom is 0.332 e. The first kappa shape index (κ1) is 19.6. The van der Waals surface area contributed by atoms with Crippen molar-refractivity contribution in [2.45, 2.75) is 39.3 Å². The molecule has 3 aromatic rings. The van der Waals surface area contributed by atoms with Crippen LogP contribution in [0.1, 0.15) is 26.2 Å². The summed E-state index contributed by atoms with van der Waals surface area (Å²) in [6.07, 6.45) is 2.53. The lowest BCUT2D eigenvalue weighted by Crippen LogP contribution is -2.40. The van der Waals surface area contributed by atoms with Gasteiger partial charge in [-0.05, 0) is 31.0 Å². The highest BCUT2D eigenvalue weighted by Gasteiger charge is 2.27. The summed E-state index contributed by atoms with van der Waals surface area (Å²) >= 11 is 6.32. The standard InChI is InChI=1S/C20H24ClN5O3/c1-4-5-9-26-18(27)16-17(23(2)20(26)28)22-19-24(10-6-11-25(16)19)13-7-8-15(29-3)14(21)12-13/h7-8,12H,4-6,9-11H2,1-3H3. The fourth-order valence-electron chi connectivity index (χ4n) is 3.85. The maximum atomic E-state index is 13.2. The quantitative estimate of drug-likeness (QED) is 0.638. The predicted molar refractivity (Wildman–Crippen MR) is 114 cm³/mol. The Morgan fingerprint density at radius 1 is 1.24 bits per heavy atom. The van der Waals surface area contributed by atoms with Crippen LogP contribution in [0.25, 0.3) is 11.2 Å². The summed E-state index contributed by atoms with van der Waals surface area (Å²) in [5.74, 6) is 1.25. The molecule has 0 unspecified atom stereocenters. The number of unbranched alkanes of at least 4 members (excludes halogenated alkanes) is 1. The number of anilines is 2. The Labute approximate surface area is 172 Å². The van der Waals surface area contributed by atoms with E-state index in [2.05, 4.69) is 0 Å². The van der Waals surface area contributed by atoms with Crippen molar-refractivity contribution < 1.29 is 4.74 Å². The third kappa shape index (κ3) is 3.11. The fraction of sp³-hybridized carbons (Fsp3) is 0.450. The van der Waals surface area contributed by atoms with Crippen LogP contribution in [0.3, 0.4) is 0 Å². The van der Waals surface area contributed by atoms with E-state index in [4.69, 9.17) is 21.3 Å². The molecule has 0 radical (unpaired) electrons. The highest BCUT2D eigenvalue weighted by Crippen LogP contribution is 2.35. The van der Waals surface area contributed by atoms with Crippen LogP contribution in [0.2, 0.25) is 5.02 Å². The number of rotatable bonds is 5. The summed E-state index contributed by atoms with van der Waals surface area (Å²) in [5.41, 5.74) is 1.15. The monoisotopic (exact) mass is 417 g/mol. The van der Waals surface area contributed by atoms with Crippen LogP contribution in [0.15, 0.2) is 27.8 Å². The van der Waals surface area contributed by atoms with Crippen molar-refractivity contribution in [2.24, 2.45) is 7.05 Å². The highest BCUT2D eigenvalue weighted by molar-refractivity contribution is 6.32. The van der Waals surface area contributed by atoms with Gasteiger partial charge in [-0.15, -0.1) is 0 Å². The molecule has 0 spiro atoms. The van der Waals surface area contributed by atoms with Gasteiger partial charge in [-0.3, -0.25) is 13.9 Å². The molecule has 154 valence electrons. The molecule has 4 rings (SSSR count). The zero-order chi connectivity index (χ0) is 20.7. The molecule has 1 aromatic carbocycles. The van der Waals surface area contributed by atoms with Gasteiger partial charge in [0.05, 0.1) is 12.1 Å². The largest absolute Gasteiger partial charge is 0.495 e. The van der Waals surface area contributed by atoms with Crippen LogP contribution >= 0.6 is 11.6 Å². The summed E-state index contributed by atoms with van der Waals surface area (Å²) in [6.45, 7) is 3.86. The van der Waals surface area contributed by atoms with E-state index < -0.39 is 0 Å². The van der Waals surface area contributed by atoms with Gasteiger partial charge in [-0.25, -0.2) is 4.79 Å². The summed E-state index contributed by atoms with van der Waals surface area (Å²) in [5, 5.41) is 0.507. The number of ether oxygens (including phenoxy) is 1. The smallest absolute Gasteiger partial charge is 0.332 e. The fourth-order valence-corrected chi connectivity index (χ4v) is 4.10. The van der Waals surface area contributed by atoms with Crippen LogP contribution < -0.4 is 20.9 Å². The van der Waals surface area contributed by atoms with Crippen molar-refractivity contribution in [3.8, 4) is 5.75 Å². The normalized spacial score (nSPS) is 13.7. The van der Waals surface area contributed by atoms with Crippen molar-refractivity contribution in [3.63, 3.8) is 0 Å². The Kier molecular flexibility index (Phi) is 5.12. The molecule has 1 aliphatic rings. The zero-order valence-corrected chi connectivity index (χ0v) is 17.6. The Bertz CT molecular complexity index is 1190. The third-order valence-corrected chi connectivity index (χ3v) is 5.69. The Morgan fingerprint density at radius 2 is 2.03 bits per heavy atom. The average molecular weight is 418 g/mol. The SMILES string of the molecule is CCCCn1c(=O)c2c(nc3n2CCCN3c2ccc(OC)c(Cl)c2)n(C)c1=O. The minimum absolute atomic E-state index is 0.273. The number of hydrogen-bond donors (Lipinski definition) is 0. The second kappa shape index (κ2) is 7.59. The van der Waals surface area contributed by atoms with Crippen molar-refractivity contribution in [2.75, 3.05) is 18.6 Å². The molecular formula is C20H24ClN5O3. The van der Waals surface area contributed by atoms with E-state index >= 15 is 0 Å². The predicted octanol–water partition coefficient (Wildman–Crippen LogP) is 2.90. The molecule has 29 heavy (non-hydrogen) atoms. The number of fused-ring (bicyclic) bond motifs is 3. The topological polar surface area (TPSA) is 74.3 Å². The van der Waals surface area contributed by atoms with E-state index in [1.165, 1.54) is 9.13 Å². The molecule has 0 aliphatic carbocycles. The van der Waals surface area contributed by atoms with E-state index in [9.17, 15) is 9.59 Å². The van der Waals surface area contributed by atoms with Crippen molar-refractivity contribution in [3.05, 3.63) is 44.1 Å². The van der Waals surface area contributed by atoms with Crippen LogP contribution in [-0.4, -0.2) is 32.3 Å². The molecule has 3 heterocycles. The number of halogens is 1. The lowest BCUT2D eigenvalue weighted by molar-refractivity contribution is 0.415. The lowest BCUT2D eigenvalue weighted by Gasteiger charge is -2.29. The van der Waals surface area contributed by atoms with E-state index in [0.717, 1.165) is 31.5 Å². The van der Waals surface area contributed by atoms with E-state index in [1.54, 1.807) is 14.2 Å². The number of hydrogen-bond acceptors (Lipinski definition) is 5. The summed E-state index contributed by atoms with van der Waals surface area (Å²) in [7, 11) is 3.24. The number of methoxy groups -OCH3 is 1. The van der Waals surface area contributed by atoms with Crippen molar-refractivity contribution in [1.82, 2.24) is 18.7 Å². The number of benzene rings is 1. The Hall–Kier alpha value is -2.74. The zero-order valence-electron chi connectivity index (χ0n) is 16.8. The first-order chi connectivity index (χ1) is 14.0. The molecule has 0 saturated carbocycles. The lowest BCUT2D eigenvalue weighted by atomic mass is 10.2. The van der Waals surface area contributed by atoms with Gasteiger partial charge in [0.2, 0.25) is 5.95 Å². The first-order valence-corrected chi connectivity index (χ1v) is 10.2. The number of aromatic nitrogens is 4. The summed E-state index contributed by atoms with van der Waals surface area (Å²) in [4.78, 5) is 32.6. The molecule has 8 nitrogen and oxygen atoms in total.